The van der Waals surface area contributed by atoms with Gasteiger partial charge in [-0.25, -0.2) is 4.98 Å². The van der Waals surface area contributed by atoms with Gasteiger partial charge >= 0.3 is 0 Å². The first-order valence-electron chi connectivity index (χ1n) is 8.49. The van der Waals surface area contributed by atoms with Crippen molar-refractivity contribution >= 4 is 32.6 Å². The molecule has 1 amide bonds. The zero-order valence-corrected chi connectivity index (χ0v) is 16.0. The third-order valence-electron chi connectivity index (χ3n) is 4.32. The number of hydrogen-bond acceptors (Lipinski definition) is 3. The lowest BCUT2D eigenvalue weighted by Gasteiger charge is -2.20. The number of fused-ring (bicyclic) bond motifs is 1. The van der Waals surface area contributed by atoms with Crippen molar-refractivity contribution in [3.8, 4) is 0 Å². The maximum Gasteiger partial charge on any atom is 0.260 e. The van der Waals surface area contributed by atoms with Gasteiger partial charge in [0.1, 0.15) is 0 Å². The molecule has 3 rings (SSSR count). The molecule has 25 heavy (non-hydrogen) atoms. The van der Waals surface area contributed by atoms with Crippen molar-refractivity contribution < 1.29 is 9.69 Å². The number of quaternary nitrogens is 1. The lowest BCUT2D eigenvalue weighted by atomic mass is 10.1. The van der Waals surface area contributed by atoms with E-state index >= 15 is 0 Å². The molecule has 0 saturated carbocycles. The molecular formula is C20H24N3OS+. The molecule has 0 radical (unpaired) electrons. The van der Waals surface area contributed by atoms with Gasteiger partial charge in [0.05, 0.1) is 37.4 Å². The van der Waals surface area contributed by atoms with E-state index in [9.17, 15) is 4.79 Å². The zero-order valence-electron chi connectivity index (χ0n) is 15.2. The summed E-state index contributed by atoms with van der Waals surface area (Å²) in [6, 6.07) is 13.7. The topological polar surface area (TPSA) is 37.6 Å². The third kappa shape index (κ3) is 3.89. The van der Waals surface area contributed by atoms with Crippen LogP contribution in [0.2, 0.25) is 0 Å². The molecule has 0 spiro atoms. The number of thiazole rings is 1. The SMILES string of the molecule is Cc1cc2nc(N(CC[NH+](C)C)C(=O)c3ccccc3)sc2cc1C. The van der Waals surface area contributed by atoms with Crippen LogP contribution in [0.1, 0.15) is 21.5 Å². The van der Waals surface area contributed by atoms with Gasteiger partial charge in [-0.2, -0.15) is 0 Å². The molecule has 0 aliphatic rings. The molecule has 5 heteroatoms. The number of aryl methyl sites for hydroxylation is 2. The number of benzene rings is 2. The van der Waals surface area contributed by atoms with E-state index in [1.54, 1.807) is 11.3 Å². The Morgan fingerprint density at radius 1 is 1.12 bits per heavy atom. The average molecular weight is 354 g/mol. The van der Waals surface area contributed by atoms with Crippen LogP contribution >= 0.6 is 11.3 Å². The molecule has 0 saturated heterocycles. The van der Waals surface area contributed by atoms with Crippen LogP contribution < -0.4 is 9.80 Å². The van der Waals surface area contributed by atoms with Gasteiger partial charge < -0.3 is 4.90 Å². The number of carbonyl (C=O) groups excluding carboxylic acids is 1. The summed E-state index contributed by atoms with van der Waals surface area (Å²) in [5.41, 5.74) is 4.14. The minimum absolute atomic E-state index is 0.00866. The predicted molar refractivity (Wildman–Crippen MR) is 105 cm³/mol. The molecule has 0 bridgehead atoms. The van der Waals surface area contributed by atoms with E-state index in [4.69, 9.17) is 4.98 Å². The second-order valence-corrected chi connectivity index (χ2v) is 7.69. The minimum atomic E-state index is 0.00866. The molecule has 0 unspecified atom stereocenters. The Bertz CT molecular complexity index is 848. The second kappa shape index (κ2) is 7.33. The van der Waals surface area contributed by atoms with Crippen molar-refractivity contribution in [2.75, 3.05) is 32.1 Å². The number of anilines is 1. The van der Waals surface area contributed by atoms with Crippen LogP contribution in [-0.4, -0.2) is 38.1 Å². The van der Waals surface area contributed by atoms with Crippen molar-refractivity contribution in [1.82, 2.24) is 4.98 Å². The van der Waals surface area contributed by atoms with Crippen molar-refractivity contribution in [2.45, 2.75) is 13.8 Å². The maximum atomic E-state index is 13.1. The van der Waals surface area contributed by atoms with Gasteiger partial charge in [-0.1, -0.05) is 29.5 Å². The smallest absolute Gasteiger partial charge is 0.260 e. The minimum Gasteiger partial charge on any atom is -0.338 e. The van der Waals surface area contributed by atoms with Crippen molar-refractivity contribution in [1.29, 1.82) is 0 Å². The first kappa shape index (κ1) is 17.6. The maximum absolute atomic E-state index is 13.1. The van der Waals surface area contributed by atoms with E-state index in [1.165, 1.54) is 16.0 Å². The highest BCUT2D eigenvalue weighted by Crippen LogP contribution is 2.31. The number of rotatable bonds is 5. The molecule has 0 aliphatic heterocycles. The number of nitrogens with zero attached hydrogens (tertiary/aromatic N) is 2. The lowest BCUT2D eigenvalue weighted by Crippen LogP contribution is -3.06. The highest BCUT2D eigenvalue weighted by atomic mass is 32.1. The Morgan fingerprint density at radius 2 is 1.80 bits per heavy atom. The predicted octanol–water partition coefficient (Wildman–Crippen LogP) is 2.70. The second-order valence-electron chi connectivity index (χ2n) is 6.68. The zero-order chi connectivity index (χ0) is 18.0. The van der Waals surface area contributed by atoms with E-state index in [2.05, 4.69) is 40.1 Å². The number of hydrogen-bond donors (Lipinski definition) is 1. The highest BCUT2D eigenvalue weighted by molar-refractivity contribution is 7.22. The number of likely N-dealkylation sites (N-methyl/N-ethyl adjacent to an activating group) is 1. The van der Waals surface area contributed by atoms with Gasteiger partial charge in [0.25, 0.3) is 5.91 Å². The van der Waals surface area contributed by atoms with Gasteiger partial charge in [-0.15, -0.1) is 0 Å². The molecule has 1 N–H and O–H groups in total. The molecule has 0 aliphatic carbocycles. The van der Waals surface area contributed by atoms with Crippen LogP contribution in [0.15, 0.2) is 42.5 Å². The average Bonchev–Trinajstić information content (AvgIpc) is 2.98. The van der Waals surface area contributed by atoms with Gasteiger partial charge in [0.15, 0.2) is 5.13 Å². The van der Waals surface area contributed by atoms with Crippen molar-refractivity contribution in [2.24, 2.45) is 0 Å². The van der Waals surface area contributed by atoms with Crippen LogP contribution in [0.5, 0.6) is 0 Å². The Morgan fingerprint density at radius 3 is 2.48 bits per heavy atom. The van der Waals surface area contributed by atoms with E-state index in [0.29, 0.717) is 12.1 Å². The summed E-state index contributed by atoms with van der Waals surface area (Å²) in [5.74, 6) is 0.00866. The fourth-order valence-corrected chi connectivity index (χ4v) is 3.71. The first-order chi connectivity index (χ1) is 12.0. The molecule has 1 heterocycles. The number of nitrogens with one attached hydrogen (secondary N) is 1. The molecule has 2 aromatic carbocycles. The van der Waals surface area contributed by atoms with E-state index in [-0.39, 0.29) is 5.91 Å². The Labute approximate surface area is 152 Å². The molecule has 130 valence electrons. The van der Waals surface area contributed by atoms with E-state index in [0.717, 1.165) is 21.9 Å². The van der Waals surface area contributed by atoms with Crippen LogP contribution in [0, 0.1) is 13.8 Å². The largest absolute Gasteiger partial charge is 0.338 e. The number of amides is 1. The van der Waals surface area contributed by atoms with E-state index < -0.39 is 0 Å². The lowest BCUT2D eigenvalue weighted by molar-refractivity contribution is -0.856. The monoisotopic (exact) mass is 354 g/mol. The Hall–Kier alpha value is -2.24. The van der Waals surface area contributed by atoms with Gasteiger partial charge in [0, 0.05) is 5.56 Å². The summed E-state index contributed by atoms with van der Waals surface area (Å²) in [5, 5.41) is 0.773. The fraction of sp³-hybridized carbons (Fsp3) is 0.300. The van der Waals surface area contributed by atoms with Crippen LogP contribution in [-0.2, 0) is 0 Å². The summed E-state index contributed by atoms with van der Waals surface area (Å²) in [7, 11) is 4.19. The Kier molecular flexibility index (Phi) is 5.16. The summed E-state index contributed by atoms with van der Waals surface area (Å²) in [6.07, 6.45) is 0. The van der Waals surface area contributed by atoms with Gasteiger partial charge in [-0.05, 0) is 49.2 Å². The van der Waals surface area contributed by atoms with Gasteiger partial charge in [0.2, 0.25) is 0 Å². The molecule has 1 aromatic heterocycles. The molecule has 4 nitrogen and oxygen atoms in total. The third-order valence-corrected chi connectivity index (χ3v) is 5.37. The first-order valence-corrected chi connectivity index (χ1v) is 9.31. The van der Waals surface area contributed by atoms with Crippen molar-refractivity contribution in [3.63, 3.8) is 0 Å². The van der Waals surface area contributed by atoms with Crippen LogP contribution in [0.3, 0.4) is 0 Å². The summed E-state index contributed by atoms with van der Waals surface area (Å²) < 4.78 is 1.13. The molecule has 0 fully saturated rings. The van der Waals surface area contributed by atoms with Crippen molar-refractivity contribution in [3.05, 3.63) is 59.2 Å². The standard InChI is InChI=1S/C20H23N3OS/c1-14-12-17-18(13-15(14)2)25-20(21-17)23(11-10-22(3)4)19(24)16-8-6-5-7-9-16/h5-9,12-13H,10-11H2,1-4H3/p+1. The van der Waals surface area contributed by atoms with E-state index in [1.807, 2.05) is 35.2 Å². The molecule has 3 aromatic rings. The van der Waals surface area contributed by atoms with Gasteiger partial charge in [-0.3, -0.25) is 9.69 Å². The molecular weight excluding hydrogens is 330 g/mol. The Balaban J connectivity index is 2.00. The summed E-state index contributed by atoms with van der Waals surface area (Å²) in [4.78, 5) is 20.9. The summed E-state index contributed by atoms with van der Waals surface area (Å²) in [6.45, 7) is 5.72. The normalized spacial score (nSPS) is 11.2. The quantitative estimate of drug-likeness (QED) is 0.765. The van der Waals surface area contributed by atoms with Crippen LogP contribution in [0.4, 0.5) is 5.13 Å². The fourth-order valence-electron chi connectivity index (χ4n) is 2.64. The number of aromatic nitrogens is 1. The molecule has 0 atom stereocenters. The number of carbonyl (C=O) groups is 1. The summed E-state index contributed by atoms with van der Waals surface area (Å²) >= 11 is 1.59. The van der Waals surface area contributed by atoms with Crippen LogP contribution in [0.25, 0.3) is 10.2 Å². The highest BCUT2D eigenvalue weighted by Gasteiger charge is 2.22.